The lowest BCUT2D eigenvalue weighted by Crippen LogP contribution is -2.34. The summed E-state index contributed by atoms with van der Waals surface area (Å²) in [6.07, 6.45) is 0.0828. The van der Waals surface area contributed by atoms with Gasteiger partial charge in [-0.25, -0.2) is 4.79 Å². The minimum atomic E-state index is -0.968. The number of aromatic nitrogens is 3. The van der Waals surface area contributed by atoms with Gasteiger partial charge in [0.05, 0.1) is 11.0 Å². The predicted octanol–water partition coefficient (Wildman–Crippen LogP) is 1.97. The Morgan fingerprint density at radius 3 is 1.79 bits per heavy atom. The summed E-state index contributed by atoms with van der Waals surface area (Å²) in [5.74, 6) is -0.968. The van der Waals surface area contributed by atoms with E-state index in [0.29, 0.717) is 40.3 Å². The Kier molecular flexibility index (Phi) is 4.49. The second-order valence-electron chi connectivity index (χ2n) is 7.04. The summed E-state index contributed by atoms with van der Waals surface area (Å²) in [6.45, 7) is 4.75. The van der Waals surface area contributed by atoms with Crippen LogP contribution in [0.15, 0.2) is 38.6 Å². The van der Waals surface area contributed by atoms with Crippen LogP contribution in [-0.4, -0.2) is 24.8 Å². The third-order valence-electron chi connectivity index (χ3n) is 5.52. The lowest BCUT2D eigenvalue weighted by molar-refractivity contribution is -0.137. The highest BCUT2D eigenvalue weighted by molar-refractivity contribution is 6.21. The third kappa shape index (κ3) is 2.66. The third-order valence-corrected chi connectivity index (χ3v) is 5.52. The van der Waals surface area contributed by atoms with Gasteiger partial charge in [0.1, 0.15) is 0 Å². The van der Waals surface area contributed by atoms with Gasteiger partial charge in [0, 0.05) is 47.6 Å². The average Bonchev–Trinajstić information content (AvgIpc) is 2.70. The lowest BCUT2D eigenvalue weighted by Gasteiger charge is -2.19. The number of hydrogen-bond acceptors (Lipinski definition) is 4. The van der Waals surface area contributed by atoms with Crippen molar-refractivity contribution < 1.29 is 9.90 Å². The largest absolute Gasteiger partial charge is 0.481 e. The van der Waals surface area contributed by atoms with Gasteiger partial charge < -0.3 is 5.11 Å². The second-order valence-corrected chi connectivity index (χ2v) is 7.04. The van der Waals surface area contributed by atoms with Crippen molar-refractivity contribution in [3.05, 3.63) is 55.5 Å². The van der Waals surface area contributed by atoms with Gasteiger partial charge in [0.15, 0.2) is 0 Å². The number of rotatable bonds is 6. The van der Waals surface area contributed by atoms with Crippen LogP contribution < -0.4 is 16.8 Å². The average molecular weight is 395 g/mol. The molecule has 4 aromatic rings. The minimum Gasteiger partial charge on any atom is -0.481 e. The van der Waals surface area contributed by atoms with Crippen LogP contribution in [0.1, 0.15) is 26.7 Å². The molecule has 0 saturated carbocycles. The van der Waals surface area contributed by atoms with Crippen LogP contribution in [-0.2, 0) is 24.4 Å². The first kappa shape index (κ1) is 18.9. The Labute approximate surface area is 164 Å². The minimum absolute atomic E-state index is 0.0507. The molecule has 0 aliphatic heterocycles. The summed E-state index contributed by atoms with van der Waals surface area (Å²) in [4.78, 5) is 49.7. The summed E-state index contributed by atoms with van der Waals surface area (Å²) in [7, 11) is 0. The monoisotopic (exact) mass is 395 g/mol. The summed E-state index contributed by atoms with van der Waals surface area (Å²) >= 11 is 0. The van der Waals surface area contributed by atoms with E-state index >= 15 is 0 Å². The number of nitrogens with zero attached hydrogens (tertiary/aromatic N) is 3. The Morgan fingerprint density at radius 2 is 1.34 bits per heavy atom. The molecule has 29 heavy (non-hydrogen) atoms. The van der Waals surface area contributed by atoms with Crippen LogP contribution in [0.25, 0.3) is 32.6 Å². The van der Waals surface area contributed by atoms with Crippen LogP contribution in [0.2, 0.25) is 0 Å². The molecule has 0 fully saturated rings. The number of benzene rings is 2. The van der Waals surface area contributed by atoms with Crippen molar-refractivity contribution in [1.82, 2.24) is 13.7 Å². The zero-order chi connectivity index (χ0) is 20.9. The molecule has 0 amide bonds. The molecule has 150 valence electrons. The Hall–Kier alpha value is -3.42. The molecule has 0 unspecified atom stereocenters. The fraction of sp³-hybridized carbons (Fsp3) is 0.333. The first-order valence-electron chi connectivity index (χ1n) is 9.67. The van der Waals surface area contributed by atoms with Crippen LogP contribution in [0.4, 0.5) is 0 Å². The van der Waals surface area contributed by atoms with Crippen molar-refractivity contribution in [3.8, 4) is 0 Å². The normalized spacial score (nSPS) is 11.8. The number of carboxylic acid groups (broad SMARTS) is 1. The van der Waals surface area contributed by atoms with Crippen LogP contribution >= 0.6 is 0 Å². The van der Waals surface area contributed by atoms with Gasteiger partial charge in [-0.3, -0.25) is 28.1 Å². The summed E-state index contributed by atoms with van der Waals surface area (Å²) in [6, 6.07) is 6.81. The fourth-order valence-electron chi connectivity index (χ4n) is 4.20. The number of carbonyl (C=O) groups is 1. The first-order chi connectivity index (χ1) is 13.9. The van der Waals surface area contributed by atoms with E-state index in [0.717, 1.165) is 9.95 Å². The fourth-order valence-corrected chi connectivity index (χ4v) is 4.20. The number of aryl methyl sites for hydroxylation is 2. The molecule has 0 aliphatic rings. The molecule has 2 aromatic heterocycles. The maximum atomic E-state index is 13.0. The molecule has 0 saturated heterocycles. The van der Waals surface area contributed by atoms with Crippen molar-refractivity contribution in [1.29, 1.82) is 0 Å². The van der Waals surface area contributed by atoms with E-state index in [1.54, 1.807) is 33.4 Å². The molecule has 8 nitrogen and oxygen atoms in total. The maximum absolute atomic E-state index is 13.0. The van der Waals surface area contributed by atoms with E-state index in [1.165, 1.54) is 0 Å². The van der Waals surface area contributed by atoms with Crippen molar-refractivity contribution >= 4 is 38.5 Å². The molecular weight excluding hydrogens is 374 g/mol. The van der Waals surface area contributed by atoms with E-state index in [1.807, 2.05) is 13.8 Å². The Balaban J connectivity index is 2.14. The number of aliphatic carboxylic acids is 1. The molecule has 0 radical (unpaired) electrons. The molecular formula is C21H21N3O5. The van der Waals surface area contributed by atoms with Crippen LogP contribution in [0.3, 0.4) is 0 Å². The molecule has 0 spiro atoms. The second kappa shape index (κ2) is 6.88. The van der Waals surface area contributed by atoms with Gasteiger partial charge in [-0.15, -0.1) is 0 Å². The van der Waals surface area contributed by atoms with Gasteiger partial charge in [-0.1, -0.05) is 0 Å². The number of carboxylic acids is 1. The van der Waals surface area contributed by atoms with Crippen LogP contribution in [0.5, 0.6) is 0 Å². The smallest absolute Gasteiger partial charge is 0.328 e. The SMILES string of the molecule is CCn1c(=O)n(CC)c2ccc3c(=O)n(CCCC(=O)O)c(=O)c4ccc1c2c43. The molecule has 0 aliphatic carbocycles. The zero-order valence-corrected chi connectivity index (χ0v) is 16.3. The molecule has 2 aromatic carbocycles. The highest BCUT2D eigenvalue weighted by Gasteiger charge is 2.20. The first-order valence-corrected chi connectivity index (χ1v) is 9.67. The highest BCUT2D eigenvalue weighted by atomic mass is 16.4. The van der Waals surface area contributed by atoms with E-state index in [4.69, 9.17) is 5.11 Å². The summed E-state index contributed by atoms with van der Waals surface area (Å²) in [5, 5.41) is 10.9. The lowest BCUT2D eigenvalue weighted by atomic mass is 9.99. The van der Waals surface area contributed by atoms with Crippen molar-refractivity contribution in [2.24, 2.45) is 0 Å². The van der Waals surface area contributed by atoms with Crippen molar-refractivity contribution in [2.45, 2.75) is 46.3 Å². The van der Waals surface area contributed by atoms with E-state index in [2.05, 4.69) is 0 Å². The standard InChI is InChI=1S/C21H21N3O5/c1-3-22-14-9-7-12-17-13(8-10-15(18(14)17)23(4-2)21(22)29)20(28)24(19(12)27)11-5-6-16(25)26/h7-10H,3-6,11H2,1-2H3,(H,25,26). The molecule has 8 heteroatoms. The van der Waals surface area contributed by atoms with E-state index < -0.39 is 17.1 Å². The van der Waals surface area contributed by atoms with Gasteiger partial charge >= 0.3 is 11.7 Å². The Bertz CT molecular complexity index is 1350. The highest BCUT2D eigenvalue weighted by Crippen LogP contribution is 2.30. The summed E-state index contributed by atoms with van der Waals surface area (Å²) < 4.78 is 4.41. The van der Waals surface area contributed by atoms with Crippen molar-refractivity contribution in [3.63, 3.8) is 0 Å². The maximum Gasteiger partial charge on any atom is 0.328 e. The zero-order valence-electron chi connectivity index (χ0n) is 16.3. The molecule has 4 rings (SSSR count). The molecule has 1 N–H and O–H groups in total. The Morgan fingerprint density at radius 1 is 0.828 bits per heavy atom. The van der Waals surface area contributed by atoms with Gasteiger partial charge in [0.25, 0.3) is 11.1 Å². The molecule has 2 heterocycles. The van der Waals surface area contributed by atoms with E-state index in [-0.39, 0.29) is 25.1 Å². The quantitative estimate of drug-likeness (QED) is 0.503. The van der Waals surface area contributed by atoms with E-state index in [9.17, 15) is 19.2 Å². The van der Waals surface area contributed by atoms with Gasteiger partial charge in [0.2, 0.25) is 0 Å². The topological polar surface area (TPSA) is 103 Å². The molecule has 0 atom stereocenters. The number of pyridine rings is 1. The number of hydrogen-bond donors (Lipinski definition) is 1. The van der Waals surface area contributed by atoms with Gasteiger partial charge in [-0.05, 0) is 44.5 Å². The predicted molar refractivity (Wildman–Crippen MR) is 111 cm³/mol. The van der Waals surface area contributed by atoms with Crippen molar-refractivity contribution in [2.75, 3.05) is 0 Å². The summed E-state index contributed by atoms with van der Waals surface area (Å²) in [5.41, 5.74) is 0.393. The van der Waals surface area contributed by atoms with Gasteiger partial charge in [-0.2, -0.15) is 0 Å². The van der Waals surface area contributed by atoms with Crippen LogP contribution in [0, 0.1) is 0 Å². The molecule has 0 bridgehead atoms.